The van der Waals surface area contributed by atoms with Crippen molar-refractivity contribution < 1.29 is 23.9 Å². The highest BCUT2D eigenvalue weighted by molar-refractivity contribution is 6.32. The van der Waals surface area contributed by atoms with Crippen LogP contribution in [0.2, 0.25) is 5.02 Å². The smallest absolute Gasteiger partial charge is 0.273 e. The first-order valence-electron chi connectivity index (χ1n) is 7.67. The summed E-state index contributed by atoms with van der Waals surface area (Å²) >= 11 is 6.04. The minimum absolute atomic E-state index is 0.0959. The van der Waals surface area contributed by atoms with E-state index in [0.29, 0.717) is 27.9 Å². The first-order valence-corrected chi connectivity index (χ1v) is 8.05. The van der Waals surface area contributed by atoms with Gasteiger partial charge in [0.2, 0.25) is 5.91 Å². The summed E-state index contributed by atoms with van der Waals surface area (Å²) in [5.41, 5.74) is 0.695. The zero-order valence-electron chi connectivity index (χ0n) is 14.9. The molecular weight excluding hydrogens is 378 g/mol. The van der Waals surface area contributed by atoms with E-state index >= 15 is 0 Å². The number of nitrogens with one attached hydrogen (secondary N) is 2. The van der Waals surface area contributed by atoms with Crippen molar-refractivity contribution >= 4 is 34.6 Å². The predicted octanol–water partition coefficient (Wildman–Crippen LogP) is 3.32. The van der Waals surface area contributed by atoms with Crippen LogP contribution in [0.1, 0.15) is 0 Å². The van der Waals surface area contributed by atoms with Gasteiger partial charge in [0, 0.05) is 18.2 Å². The molecule has 2 aromatic carbocycles. The van der Waals surface area contributed by atoms with Crippen molar-refractivity contribution in [3.8, 4) is 17.2 Å². The first-order chi connectivity index (χ1) is 12.9. The summed E-state index contributed by atoms with van der Waals surface area (Å²) in [4.78, 5) is 22.5. The molecule has 0 aromatic heterocycles. The van der Waals surface area contributed by atoms with E-state index in [4.69, 9.17) is 25.8 Å². The van der Waals surface area contributed by atoms with Gasteiger partial charge in [0.05, 0.1) is 55.3 Å². The van der Waals surface area contributed by atoms with Crippen LogP contribution in [0.4, 0.5) is 17.1 Å². The van der Waals surface area contributed by atoms with Gasteiger partial charge >= 0.3 is 0 Å². The number of methoxy groups -OCH3 is 3. The molecule has 10 heteroatoms. The topological polar surface area (TPSA) is 112 Å². The third kappa shape index (κ3) is 4.91. The lowest BCUT2D eigenvalue weighted by molar-refractivity contribution is -0.384. The number of amides is 1. The SMILES string of the molecule is COc1cc(NCC(=O)Nc2ccc([N+](=O)[O-])cc2OC)c(OC)cc1Cl. The van der Waals surface area contributed by atoms with E-state index in [-0.39, 0.29) is 18.0 Å². The van der Waals surface area contributed by atoms with Crippen LogP contribution in [0.5, 0.6) is 17.2 Å². The number of non-ortho nitro benzene ring substituents is 1. The van der Waals surface area contributed by atoms with Crippen molar-refractivity contribution in [3.63, 3.8) is 0 Å². The maximum absolute atomic E-state index is 12.2. The van der Waals surface area contributed by atoms with E-state index in [9.17, 15) is 14.9 Å². The summed E-state index contributed by atoms with van der Waals surface area (Å²) in [6.07, 6.45) is 0. The average Bonchev–Trinajstić information content (AvgIpc) is 2.66. The molecule has 0 radical (unpaired) electrons. The van der Waals surface area contributed by atoms with E-state index < -0.39 is 10.8 Å². The molecule has 0 heterocycles. The Bertz CT molecular complexity index is 859. The number of carbonyl (C=O) groups excluding carboxylic acids is 1. The van der Waals surface area contributed by atoms with Gasteiger partial charge in [0.1, 0.15) is 17.2 Å². The maximum atomic E-state index is 12.2. The highest BCUT2D eigenvalue weighted by Crippen LogP contribution is 2.35. The quantitative estimate of drug-likeness (QED) is 0.520. The van der Waals surface area contributed by atoms with Crippen molar-refractivity contribution in [3.05, 3.63) is 45.5 Å². The molecule has 0 fully saturated rings. The number of hydrogen-bond acceptors (Lipinski definition) is 7. The fourth-order valence-corrected chi connectivity index (χ4v) is 2.50. The van der Waals surface area contributed by atoms with Gasteiger partial charge in [-0.3, -0.25) is 14.9 Å². The van der Waals surface area contributed by atoms with Crippen LogP contribution in [0.15, 0.2) is 30.3 Å². The van der Waals surface area contributed by atoms with E-state index in [1.54, 1.807) is 12.1 Å². The number of hydrogen-bond donors (Lipinski definition) is 2. The molecule has 0 atom stereocenters. The number of anilines is 2. The van der Waals surface area contributed by atoms with Crippen LogP contribution < -0.4 is 24.8 Å². The third-order valence-corrected chi connectivity index (χ3v) is 3.88. The van der Waals surface area contributed by atoms with Gasteiger partial charge in [0.15, 0.2) is 0 Å². The van der Waals surface area contributed by atoms with E-state index in [0.717, 1.165) is 0 Å². The molecule has 2 rings (SSSR count). The van der Waals surface area contributed by atoms with Crippen LogP contribution in [0.3, 0.4) is 0 Å². The van der Waals surface area contributed by atoms with Gasteiger partial charge in [-0.1, -0.05) is 11.6 Å². The van der Waals surface area contributed by atoms with Crippen LogP contribution in [0, 0.1) is 10.1 Å². The molecule has 0 aliphatic carbocycles. The Morgan fingerprint density at radius 2 is 1.67 bits per heavy atom. The predicted molar refractivity (Wildman–Crippen MR) is 101 cm³/mol. The second-order valence-corrected chi connectivity index (χ2v) is 5.64. The molecule has 0 bridgehead atoms. The Hall–Kier alpha value is -3.20. The lowest BCUT2D eigenvalue weighted by atomic mass is 10.2. The van der Waals surface area contributed by atoms with E-state index in [1.165, 1.54) is 39.5 Å². The number of benzene rings is 2. The fraction of sp³-hybridized carbons (Fsp3) is 0.235. The Morgan fingerprint density at radius 3 is 2.26 bits per heavy atom. The molecule has 0 spiro atoms. The summed E-state index contributed by atoms with van der Waals surface area (Å²) in [6, 6.07) is 7.09. The molecule has 9 nitrogen and oxygen atoms in total. The molecule has 0 saturated heterocycles. The molecule has 27 heavy (non-hydrogen) atoms. The Balaban J connectivity index is 2.10. The van der Waals surface area contributed by atoms with Crippen molar-refractivity contribution in [2.75, 3.05) is 38.5 Å². The van der Waals surface area contributed by atoms with Gasteiger partial charge in [0.25, 0.3) is 5.69 Å². The molecule has 0 aliphatic rings. The number of halogens is 1. The molecule has 0 saturated carbocycles. The van der Waals surface area contributed by atoms with Crippen LogP contribution in [-0.2, 0) is 4.79 Å². The summed E-state index contributed by atoms with van der Waals surface area (Å²) in [6.45, 7) is -0.0959. The second-order valence-electron chi connectivity index (χ2n) is 5.23. The summed E-state index contributed by atoms with van der Waals surface area (Å²) in [5, 5.41) is 16.8. The fourth-order valence-electron chi connectivity index (χ4n) is 2.27. The lowest BCUT2D eigenvalue weighted by Gasteiger charge is -2.14. The average molecular weight is 396 g/mol. The standard InChI is InChI=1S/C17H18ClN3O6/c1-25-14-8-13(16(27-3)7-11(14)18)19-9-17(22)20-12-5-4-10(21(23)24)6-15(12)26-2/h4-8,19H,9H2,1-3H3,(H,20,22). The zero-order chi connectivity index (χ0) is 20.0. The summed E-state index contributed by atoms with van der Waals surface area (Å²) < 4.78 is 15.5. The van der Waals surface area contributed by atoms with Crippen LogP contribution >= 0.6 is 11.6 Å². The summed E-state index contributed by atoms with van der Waals surface area (Å²) in [7, 11) is 4.31. The highest BCUT2D eigenvalue weighted by Gasteiger charge is 2.15. The molecule has 0 unspecified atom stereocenters. The van der Waals surface area contributed by atoms with E-state index in [2.05, 4.69) is 10.6 Å². The monoisotopic (exact) mass is 395 g/mol. The van der Waals surface area contributed by atoms with Crippen LogP contribution in [-0.4, -0.2) is 38.7 Å². The molecule has 2 N–H and O–H groups in total. The number of carbonyl (C=O) groups is 1. The molecule has 1 amide bonds. The maximum Gasteiger partial charge on any atom is 0.273 e. The number of ether oxygens (including phenoxy) is 3. The first kappa shape index (κ1) is 20.1. The largest absolute Gasteiger partial charge is 0.495 e. The highest BCUT2D eigenvalue weighted by atomic mass is 35.5. The minimum Gasteiger partial charge on any atom is -0.495 e. The van der Waals surface area contributed by atoms with Gasteiger partial charge in [-0.2, -0.15) is 0 Å². The number of nitro benzene ring substituents is 1. The van der Waals surface area contributed by atoms with Crippen molar-refractivity contribution in [1.82, 2.24) is 0 Å². The van der Waals surface area contributed by atoms with Gasteiger partial charge in [-0.05, 0) is 6.07 Å². The lowest BCUT2D eigenvalue weighted by Crippen LogP contribution is -2.22. The molecule has 0 aliphatic heterocycles. The van der Waals surface area contributed by atoms with Crippen molar-refractivity contribution in [2.24, 2.45) is 0 Å². The van der Waals surface area contributed by atoms with Crippen LogP contribution in [0.25, 0.3) is 0 Å². The third-order valence-electron chi connectivity index (χ3n) is 3.58. The molecular formula is C17H18ClN3O6. The molecule has 2 aromatic rings. The van der Waals surface area contributed by atoms with Gasteiger partial charge in [-0.25, -0.2) is 0 Å². The normalized spacial score (nSPS) is 10.1. The second kappa shape index (κ2) is 8.95. The minimum atomic E-state index is -0.546. The summed E-state index contributed by atoms with van der Waals surface area (Å²) in [5.74, 6) is 0.667. The number of nitrogens with zero attached hydrogens (tertiary/aromatic N) is 1. The Morgan fingerprint density at radius 1 is 1.04 bits per heavy atom. The number of rotatable bonds is 8. The van der Waals surface area contributed by atoms with Gasteiger partial charge in [-0.15, -0.1) is 0 Å². The zero-order valence-corrected chi connectivity index (χ0v) is 15.6. The van der Waals surface area contributed by atoms with Crippen molar-refractivity contribution in [2.45, 2.75) is 0 Å². The van der Waals surface area contributed by atoms with Crippen molar-refractivity contribution in [1.29, 1.82) is 0 Å². The molecule has 144 valence electrons. The number of nitro groups is 1. The van der Waals surface area contributed by atoms with E-state index in [1.807, 2.05) is 0 Å². The van der Waals surface area contributed by atoms with Gasteiger partial charge < -0.3 is 24.8 Å². The Labute approximate surface area is 160 Å². The Kier molecular flexibility index (Phi) is 6.67.